The van der Waals surface area contributed by atoms with Crippen molar-refractivity contribution < 1.29 is 27.1 Å². The highest BCUT2D eigenvalue weighted by molar-refractivity contribution is 5.82. The van der Waals surface area contributed by atoms with E-state index >= 15 is 0 Å². The Morgan fingerprint density at radius 2 is 1.81 bits per heavy atom. The highest BCUT2D eigenvalue weighted by Gasteiger charge is 2.44. The predicted molar refractivity (Wildman–Crippen MR) is 87.1 cm³/mol. The third-order valence-corrected chi connectivity index (χ3v) is 4.22. The Hall–Kier alpha value is -2.57. The predicted octanol–water partition coefficient (Wildman–Crippen LogP) is 4.19. The van der Waals surface area contributed by atoms with Crippen LogP contribution in [0.1, 0.15) is 23.5 Å². The molecule has 138 valence electrons. The molecule has 0 heterocycles. The first-order valence-corrected chi connectivity index (χ1v) is 8.14. The fourth-order valence-corrected chi connectivity index (χ4v) is 2.79. The van der Waals surface area contributed by atoms with Crippen molar-refractivity contribution in [3.8, 4) is 5.75 Å². The van der Waals surface area contributed by atoms with E-state index in [1.807, 2.05) is 0 Å². The van der Waals surface area contributed by atoms with Gasteiger partial charge in [-0.05, 0) is 41.7 Å². The molecule has 0 saturated heterocycles. The van der Waals surface area contributed by atoms with Crippen LogP contribution in [0.5, 0.6) is 5.75 Å². The summed E-state index contributed by atoms with van der Waals surface area (Å²) in [5, 5.41) is 2.77. The van der Waals surface area contributed by atoms with Gasteiger partial charge in [0.15, 0.2) is 6.61 Å². The van der Waals surface area contributed by atoms with Crippen LogP contribution in [0.25, 0.3) is 0 Å². The van der Waals surface area contributed by atoms with E-state index in [-0.39, 0.29) is 35.9 Å². The van der Waals surface area contributed by atoms with E-state index in [0.717, 1.165) is 5.56 Å². The van der Waals surface area contributed by atoms with Gasteiger partial charge in [0, 0.05) is 12.5 Å². The van der Waals surface area contributed by atoms with Gasteiger partial charge in [-0.15, -0.1) is 0 Å². The smallest absolute Gasteiger partial charge is 0.422 e. The quantitative estimate of drug-likeness (QED) is 0.778. The molecule has 7 heteroatoms. The van der Waals surface area contributed by atoms with E-state index in [4.69, 9.17) is 0 Å². The summed E-state index contributed by atoms with van der Waals surface area (Å²) in [7, 11) is 0. The summed E-state index contributed by atoms with van der Waals surface area (Å²) >= 11 is 0. The zero-order valence-electron chi connectivity index (χ0n) is 13.7. The topological polar surface area (TPSA) is 38.3 Å². The molecule has 1 aliphatic carbocycles. The van der Waals surface area contributed by atoms with Crippen LogP contribution in [-0.2, 0) is 11.3 Å². The maximum absolute atomic E-state index is 13.7. The number of alkyl halides is 3. The Kier molecular flexibility index (Phi) is 5.15. The van der Waals surface area contributed by atoms with E-state index < -0.39 is 12.8 Å². The van der Waals surface area contributed by atoms with Crippen molar-refractivity contribution in [2.24, 2.45) is 5.92 Å². The van der Waals surface area contributed by atoms with Crippen LogP contribution < -0.4 is 10.1 Å². The Bertz CT molecular complexity index is 774. The number of hydrogen-bond acceptors (Lipinski definition) is 2. The van der Waals surface area contributed by atoms with Crippen molar-refractivity contribution in [1.29, 1.82) is 0 Å². The molecule has 0 spiro atoms. The molecule has 2 aromatic rings. The summed E-state index contributed by atoms with van der Waals surface area (Å²) in [6.07, 6.45) is -3.78. The first-order chi connectivity index (χ1) is 12.3. The van der Waals surface area contributed by atoms with Crippen LogP contribution >= 0.6 is 0 Å². The number of carbonyl (C=O) groups excluding carboxylic acids is 1. The Morgan fingerprint density at radius 3 is 2.46 bits per heavy atom. The van der Waals surface area contributed by atoms with Gasteiger partial charge in [0.1, 0.15) is 11.6 Å². The fraction of sp³-hybridized carbons (Fsp3) is 0.316. The van der Waals surface area contributed by atoms with E-state index in [2.05, 4.69) is 10.1 Å². The lowest BCUT2D eigenvalue weighted by Gasteiger charge is -2.10. The number of halogens is 4. The van der Waals surface area contributed by atoms with Gasteiger partial charge in [0.05, 0.1) is 0 Å². The molecule has 0 bridgehead atoms. The molecule has 3 nitrogen and oxygen atoms in total. The number of hydrogen-bond donors (Lipinski definition) is 1. The SMILES string of the molecule is O=C(NCc1ccc(OCC(F)(F)F)cc1)C1CC1c1ccccc1F. The van der Waals surface area contributed by atoms with Crippen LogP contribution in [0.15, 0.2) is 48.5 Å². The summed E-state index contributed by atoms with van der Waals surface area (Å²) in [4.78, 5) is 12.2. The van der Waals surface area contributed by atoms with Crippen molar-refractivity contribution in [2.75, 3.05) is 6.61 Å². The van der Waals surface area contributed by atoms with Gasteiger partial charge in [-0.2, -0.15) is 13.2 Å². The van der Waals surface area contributed by atoms with Crippen molar-refractivity contribution in [2.45, 2.75) is 25.1 Å². The van der Waals surface area contributed by atoms with Crippen molar-refractivity contribution in [3.05, 3.63) is 65.5 Å². The molecule has 1 N–H and O–H groups in total. The number of nitrogens with one attached hydrogen (secondary N) is 1. The van der Waals surface area contributed by atoms with Crippen LogP contribution in [0.4, 0.5) is 17.6 Å². The fourth-order valence-electron chi connectivity index (χ4n) is 2.79. The molecular weight excluding hydrogens is 350 g/mol. The maximum atomic E-state index is 13.7. The zero-order chi connectivity index (χ0) is 18.7. The summed E-state index contributed by atoms with van der Waals surface area (Å²) in [5.41, 5.74) is 1.29. The molecule has 1 saturated carbocycles. The first-order valence-electron chi connectivity index (χ1n) is 8.14. The van der Waals surface area contributed by atoms with E-state index in [9.17, 15) is 22.4 Å². The summed E-state index contributed by atoms with van der Waals surface area (Å²) in [6, 6.07) is 12.4. The van der Waals surface area contributed by atoms with E-state index in [0.29, 0.717) is 12.0 Å². The van der Waals surface area contributed by atoms with Gasteiger partial charge in [-0.25, -0.2) is 4.39 Å². The number of ether oxygens (including phenoxy) is 1. The van der Waals surface area contributed by atoms with Gasteiger partial charge in [-0.1, -0.05) is 30.3 Å². The summed E-state index contributed by atoms with van der Waals surface area (Å²) in [5.74, 6) is -0.701. The number of benzene rings is 2. The zero-order valence-corrected chi connectivity index (χ0v) is 13.7. The maximum Gasteiger partial charge on any atom is 0.422 e. The van der Waals surface area contributed by atoms with Gasteiger partial charge in [-0.3, -0.25) is 4.79 Å². The average molecular weight is 367 g/mol. The van der Waals surface area contributed by atoms with Crippen LogP contribution in [-0.4, -0.2) is 18.7 Å². The third kappa shape index (κ3) is 4.74. The largest absolute Gasteiger partial charge is 0.484 e. The molecule has 1 fully saturated rings. The average Bonchev–Trinajstić information content (AvgIpc) is 3.39. The normalized spacial score (nSPS) is 19.1. The van der Waals surface area contributed by atoms with E-state index in [1.165, 1.54) is 18.2 Å². The molecule has 1 amide bonds. The van der Waals surface area contributed by atoms with Gasteiger partial charge >= 0.3 is 6.18 Å². The molecular formula is C19H17F4NO2. The third-order valence-electron chi connectivity index (χ3n) is 4.22. The van der Waals surface area contributed by atoms with Crippen molar-refractivity contribution in [1.82, 2.24) is 5.32 Å². The second-order valence-electron chi connectivity index (χ2n) is 6.24. The minimum absolute atomic E-state index is 0.102. The minimum atomic E-state index is -4.38. The Balaban J connectivity index is 1.47. The van der Waals surface area contributed by atoms with Gasteiger partial charge in [0.25, 0.3) is 0 Å². The lowest BCUT2D eigenvalue weighted by atomic mass is 10.1. The van der Waals surface area contributed by atoms with Gasteiger partial charge < -0.3 is 10.1 Å². The number of carbonyl (C=O) groups is 1. The number of rotatable bonds is 6. The highest BCUT2D eigenvalue weighted by Crippen LogP contribution is 2.48. The molecule has 0 aliphatic heterocycles. The first kappa shape index (κ1) is 18.2. The summed E-state index contributed by atoms with van der Waals surface area (Å²) in [6.45, 7) is -1.10. The highest BCUT2D eigenvalue weighted by atomic mass is 19.4. The molecule has 3 rings (SSSR count). The monoisotopic (exact) mass is 367 g/mol. The molecule has 0 aromatic heterocycles. The van der Waals surface area contributed by atoms with Gasteiger partial charge in [0.2, 0.25) is 5.91 Å². The molecule has 2 aromatic carbocycles. The summed E-state index contributed by atoms with van der Waals surface area (Å²) < 4.78 is 54.6. The van der Waals surface area contributed by atoms with E-state index in [1.54, 1.807) is 30.3 Å². The second-order valence-corrected chi connectivity index (χ2v) is 6.24. The molecule has 2 unspecified atom stereocenters. The lowest BCUT2D eigenvalue weighted by Crippen LogP contribution is -2.25. The van der Waals surface area contributed by atoms with Crippen LogP contribution in [0.2, 0.25) is 0 Å². The van der Waals surface area contributed by atoms with Crippen molar-refractivity contribution >= 4 is 5.91 Å². The Morgan fingerprint density at radius 1 is 1.12 bits per heavy atom. The molecule has 1 aliphatic rings. The standard InChI is InChI=1S/C19H17F4NO2/c20-17-4-2-1-3-14(17)15-9-16(15)18(25)24-10-12-5-7-13(8-6-12)26-11-19(21,22)23/h1-8,15-16H,9-11H2,(H,24,25). The minimum Gasteiger partial charge on any atom is -0.484 e. The van der Waals surface area contributed by atoms with Crippen LogP contribution in [0.3, 0.4) is 0 Å². The molecule has 0 radical (unpaired) electrons. The van der Waals surface area contributed by atoms with Crippen molar-refractivity contribution in [3.63, 3.8) is 0 Å². The van der Waals surface area contributed by atoms with Crippen LogP contribution in [0, 0.1) is 11.7 Å². The molecule has 2 atom stereocenters. The molecule has 26 heavy (non-hydrogen) atoms. The Labute approximate surface area is 148 Å². The second kappa shape index (κ2) is 7.35. The number of amides is 1. The lowest BCUT2D eigenvalue weighted by molar-refractivity contribution is -0.153.